The van der Waals surface area contributed by atoms with Crippen molar-refractivity contribution in [2.24, 2.45) is 0 Å². The Hall–Kier alpha value is -2.53. The molecule has 1 aromatic heterocycles. The van der Waals surface area contributed by atoms with Gasteiger partial charge in [-0.05, 0) is 37.6 Å². The number of nitrogens with one attached hydrogen (secondary N) is 1. The van der Waals surface area contributed by atoms with Crippen molar-refractivity contribution in [2.45, 2.75) is 19.9 Å². The topological polar surface area (TPSA) is 59.3 Å². The second-order valence-electron chi connectivity index (χ2n) is 5.74. The maximum Gasteiger partial charge on any atom is 0.204 e. The van der Waals surface area contributed by atoms with E-state index >= 15 is 0 Å². The highest BCUT2D eigenvalue weighted by atomic mass is 16.5. The number of rotatable bonds is 8. The van der Waals surface area contributed by atoms with Crippen molar-refractivity contribution in [3.8, 4) is 5.75 Å². The molecule has 0 aliphatic carbocycles. The summed E-state index contributed by atoms with van der Waals surface area (Å²) in [6, 6.07) is 16.1. The fourth-order valence-corrected chi connectivity index (χ4v) is 2.61. The van der Waals surface area contributed by atoms with Crippen LogP contribution >= 0.6 is 0 Å². The number of hydrogen-bond donors (Lipinski definition) is 2. The highest BCUT2D eigenvalue weighted by Gasteiger charge is 2.09. The number of anilines is 1. The van der Waals surface area contributed by atoms with Gasteiger partial charge in [0.05, 0.1) is 17.6 Å². The summed E-state index contributed by atoms with van der Waals surface area (Å²) in [6.07, 6.45) is 0.697. The van der Waals surface area contributed by atoms with E-state index in [1.807, 2.05) is 42.5 Å². The van der Waals surface area contributed by atoms with Gasteiger partial charge >= 0.3 is 0 Å². The van der Waals surface area contributed by atoms with Gasteiger partial charge in [0.25, 0.3) is 0 Å². The Bertz CT molecular complexity index is 781. The standard InChI is InChI=1S/C19H23N3O2/c1-15-7-9-16(10-8-15)24-14-12-22-18-6-3-2-5-17(18)21-19(22)20-11-4-13-23/h2-3,5-10,23H,4,11-14H2,1H3,(H,20,21). The fourth-order valence-electron chi connectivity index (χ4n) is 2.61. The lowest BCUT2D eigenvalue weighted by Crippen LogP contribution is -2.13. The van der Waals surface area contributed by atoms with Crippen LogP contribution in [0.5, 0.6) is 5.75 Å². The third-order valence-corrected chi connectivity index (χ3v) is 3.88. The number of nitrogens with zero attached hydrogens (tertiary/aromatic N) is 2. The first kappa shape index (κ1) is 16.3. The summed E-state index contributed by atoms with van der Waals surface area (Å²) in [5.41, 5.74) is 3.26. The SMILES string of the molecule is Cc1ccc(OCCn2c(NCCCO)nc3ccccc32)cc1. The van der Waals surface area contributed by atoms with E-state index in [9.17, 15) is 0 Å². The normalized spacial score (nSPS) is 10.9. The predicted molar refractivity (Wildman–Crippen MR) is 96.6 cm³/mol. The summed E-state index contributed by atoms with van der Waals surface area (Å²) in [6.45, 7) is 4.20. The molecular weight excluding hydrogens is 302 g/mol. The number of aliphatic hydroxyl groups excluding tert-OH is 1. The second-order valence-corrected chi connectivity index (χ2v) is 5.74. The molecule has 0 unspecified atom stereocenters. The molecule has 0 amide bonds. The van der Waals surface area contributed by atoms with Crippen molar-refractivity contribution < 1.29 is 9.84 Å². The molecule has 2 N–H and O–H groups in total. The summed E-state index contributed by atoms with van der Waals surface area (Å²) >= 11 is 0. The molecule has 0 atom stereocenters. The minimum Gasteiger partial charge on any atom is -0.492 e. The second kappa shape index (κ2) is 7.84. The van der Waals surface area contributed by atoms with Gasteiger partial charge in [0.1, 0.15) is 12.4 Å². The van der Waals surface area contributed by atoms with E-state index < -0.39 is 0 Å². The van der Waals surface area contributed by atoms with E-state index in [1.54, 1.807) is 0 Å². The van der Waals surface area contributed by atoms with Crippen LogP contribution in [0.2, 0.25) is 0 Å². The monoisotopic (exact) mass is 325 g/mol. The maximum atomic E-state index is 8.95. The van der Waals surface area contributed by atoms with Crippen LogP contribution < -0.4 is 10.1 Å². The number of aromatic nitrogens is 2. The van der Waals surface area contributed by atoms with Gasteiger partial charge in [0.15, 0.2) is 0 Å². The van der Waals surface area contributed by atoms with Gasteiger partial charge < -0.3 is 19.7 Å². The number of para-hydroxylation sites is 2. The van der Waals surface area contributed by atoms with Crippen molar-refractivity contribution in [2.75, 3.05) is 25.1 Å². The molecule has 2 aromatic carbocycles. The number of ether oxygens (including phenoxy) is 1. The van der Waals surface area contributed by atoms with Gasteiger partial charge in [-0.1, -0.05) is 29.8 Å². The van der Waals surface area contributed by atoms with Gasteiger partial charge in [-0.3, -0.25) is 0 Å². The Morgan fingerprint density at radius 2 is 1.92 bits per heavy atom. The average molecular weight is 325 g/mol. The third kappa shape index (κ3) is 3.86. The Morgan fingerprint density at radius 3 is 2.71 bits per heavy atom. The minimum atomic E-state index is 0.170. The Balaban J connectivity index is 1.71. The number of hydrogen-bond acceptors (Lipinski definition) is 4. The number of imidazole rings is 1. The first-order valence-corrected chi connectivity index (χ1v) is 8.27. The summed E-state index contributed by atoms with van der Waals surface area (Å²) in [5, 5.41) is 12.2. The van der Waals surface area contributed by atoms with Crippen LogP contribution in [0.4, 0.5) is 5.95 Å². The molecule has 0 aliphatic heterocycles. The van der Waals surface area contributed by atoms with E-state index in [0.717, 1.165) is 22.7 Å². The number of aryl methyl sites for hydroxylation is 1. The van der Waals surface area contributed by atoms with Gasteiger partial charge in [0, 0.05) is 13.2 Å². The molecule has 0 saturated carbocycles. The highest BCUT2D eigenvalue weighted by Crippen LogP contribution is 2.20. The molecule has 0 radical (unpaired) electrons. The maximum absolute atomic E-state index is 8.95. The van der Waals surface area contributed by atoms with Crippen LogP contribution in [0.15, 0.2) is 48.5 Å². The molecule has 0 fully saturated rings. The lowest BCUT2D eigenvalue weighted by atomic mass is 10.2. The molecule has 0 bridgehead atoms. The van der Waals surface area contributed by atoms with Crippen LogP contribution in [-0.4, -0.2) is 34.4 Å². The summed E-state index contributed by atoms with van der Waals surface area (Å²) in [7, 11) is 0. The fraction of sp³-hybridized carbons (Fsp3) is 0.316. The van der Waals surface area contributed by atoms with E-state index in [2.05, 4.69) is 27.9 Å². The first-order valence-electron chi connectivity index (χ1n) is 8.27. The summed E-state index contributed by atoms with van der Waals surface area (Å²) in [5.74, 6) is 1.69. The van der Waals surface area contributed by atoms with Crippen molar-refractivity contribution in [1.29, 1.82) is 0 Å². The van der Waals surface area contributed by atoms with Crippen molar-refractivity contribution >= 4 is 17.0 Å². The highest BCUT2D eigenvalue weighted by molar-refractivity contribution is 5.78. The Labute approximate surface area is 141 Å². The molecule has 0 spiro atoms. The molecule has 0 aliphatic rings. The zero-order chi connectivity index (χ0) is 16.8. The first-order chi connectivity index (χ1) is 11.8. The predicted octanol–water partition coefficient (Wildman–Crippen LogP) is 3.22. The quantitative estimate of drug-likeness (QED) is 0.624. The molecule has 1 heterocycles. The van der Waals surface area contributed by atoms with Gasteiger partial charge in [0.2, 0.25) is 5.95 Å². The molecule has 3 aromatic rings. The number of fused-ring (bicyclic) bond motifs is 1. The van der Waals surface area contributed by atoms with E-state index in [1.165, 1.54) is 5.56 Å². The van der Waals surface area contributed by atoms with Crippen molar-refractivity contribution in [3.63, 3.8) is 0 Å². The average Bonchev–Trinajstić information content (AvgIpc) is 2.95. The Morgan fingerprint density at radius 1 is 1.12 bits per heavy atom. The van der Waals surface area contributed by atoms with Crippen LogP contribution in [0.25, 0.3) is 11.0 Å². The molecule has 3 rings (SSSR count). The van der Waals surface area contributed by atoms with Gasteiger partial charge in [-0.25, -0.2) is 4.98 Å². The van der Waals surface area contributed by atoms with E-state index in [4.69, 9.17) is 9.84 Å². The van der Waals surface area contributed by atoms with E-state index in [-0.39, 0.29) is 6.61 Å². The third-order valence-electron chi connectivity index (χ3n) is 3.88. The molecule has 0 saturated heterocycles. The molecule has 24 heavy (non-hydrogen) atoms. The molecule has 126 valence electrons. The number of aliphatic hydroxyl groups is 1. The zero-order valence-electron chi connectivity index (χ0n) is 13.9. The smallest absolute Gasteiger partial charge is 0.204 e. The molecule has 5 nitrogen and oxygen atoms in total. The lowest BCUT2D eigenvalue weighted by molar-refractivity contribution is 0.292. The number of benzene rings is 2. The summed E-state index contributed by atoms with van der Waals surface area (Å²) < 4.78 is 7.97. The van der Waals surface area contributed by atoms with Crippen molar-refractivity contribution in [3.05, 3.63) is 54.1 Å². The minimum absolute atomic E-state index is 0.170. The lowest BCUT2D eigenvalue weighted by Gasteiger charge is -2.12. The van der Waals surface area contributed by atoms with Crippen LogP contribution in [-0.2, 0) is 6.54 Å². The zero-order valence-corrected chi connectivity index (χ0v) is 13.9. The largest absolute Gasteiger partial charge is 0.492 e. The Kier molecular flexibility index (Phi) is 5.33. The van der Waals surface area contributed by atoms with Crippen LogP contribution in [0.3, 0.4) is 0 Å². The summed E-state index contributed by atoms with van der Waals surface area (Å²) in [4.78, 5) is 4.64. The van der Waals surface area contributed by atoms with Crippen LogP contribution in [0, 0.1) is 6.92 Å². The van der Waals surface area contributed by atoms with E-state index in [0.29, 0.717) is 26.1 Å². The van der Waals surface area contributed by atoms with Crippen molar-refractivity contribution in [1.82, 2.24) is 9.55 Å². The van der Waals surface area contributed by atoms with Crippen LogP contribution in [0.1, 0.15) is 12.0 Å². The molecular formula is C19H23N3O2. The van der Waals surface area contributed by atoms with Gasteiger partial charge in [-0.15, -0.1) is 0 Å². The molecule has 5 heteroatoms. The van der Waals surface area contributed by atoms with Gasteiger partial charge in [-0.2, -0.15) is 0 Å².